The first-order valence-corrected chi connectivity index (χ1v) is 6.86. The number of aryl methyl sites for hydroxylation is 1. The number of likely N-dealkylation sites (tertiary alicyclic amines) is 1. The molecule has 0 aromatic carbocycles. The lowest BCUT2D eigenvalue weighted by atomic mass is 9.86. The minimum Gasteiger partial charge on any atom is -0.304 e. The molecule has 0 amide bonds. The second-order valence-electron chi connectivity index (χ2n) is 7.57. The van der Waals surface area contributed by atoms with Gasteiger partial charge in [-0.15, -0.1) is 0 Å². The molecule has 0 saturated carbocycles. The van der Waals surface area contributed by atoms with Gasteiger partial charge in [0.25, 0.3) is 0 Å². The van der Waals surface area contributed by atoms with Gasteiger partial charge in [0.05, 0.1) is 11.7 Å². The quantitative estimate of drug-likeness (QED) is 0.763. The highest BCUT2D eigenvalue weighted by Gasteiger charge is 2.41. The Labute approximate surface area is 111 Å². The van der Waals surface area contributed by atoms with Crippen molar-refractivity contribution in [3.63, 3.8) is 0 Å². The zero-order valence-corrected chi connectivity index (χ0v) is 12.9. The van der Waals surface area contributed by atoms with Crippen molar-refractivity contribution in [3.05, 3.63) is 17.5 Å². The number of rotatable bonds is 1. The third kappa shape index (κ3) is 2.33. The van der Waals surface area contributed by atoms with Gasteiger partial charge in [0, 0.05) is 29.6 Å². The maximum absolute atomic E-state index is 4.78. The second kappa shape index (κ2) is 4.09. The molecule has 1 unspecified atom stereocenters. The minimum atomic E-state index is 0.151. The van der Waals surface area contributed by atoms with Crippen LogP contribution in [0.25, 0.3) is 0 Å². The Morgan fingerprint density at radius 1 is 1.33 bits per heavy atom. The molecule has 0 N–H and O–H groups in total. The summed E-state index contributed by atoms with van der Waals surface area (Å²) in [6, 6.07) is 2.72. The molecule has 1 atom stereocenters. The van der Waals surface area contributed by atoms with Gasteiger partial charge in [-0.25, -0.2) is 0 Å². The van der Waals surface area contributed by atoms with Crippen LogP contribution in [0.15, 0.2) is 6.07 Å². The average molecular weight is 249 g/mol. The first-order valence-electron chi connectivity index (χ1n) is 6.86. The lowest BCUT2D eigenvalue weighted by Gasteiger charge is -2.30. The molecule has 1 aromatic rings. The zero-order chi connectivity index (χ0) is 13.7. The molecule has 0 spiro atoms. The molecule has 1 aliphatic heterocycles. The van der Waals surface area contributed by atoms with Crippen molar-refractivity contribution >= 4 is 0 Å². The van der Waals surface area contributed by atoms with Crippen molar-refractivity contribution in [1.29, 1.82) is 0 Å². The van der Waals surface area contributed by atoms with E-state index in [1.807, 2.05) is 0 Å². The van der Waals surface area contributed by atoms with Crippen LogP contribution in [0.1, 0.15) is 52.0 Å². The summed E-state index contributed by atoms with van der Waals surface area (Å²) in [6.45, 7) is 15.8. The monoisotopic (exact) mass is 249 g/mol. The molecular formula is C15H27N3. The summed E-state index contributed by atoms with van der Waals surface area (Å²) in [5.74, 6) is 0. The fourth-order valence-electron chi connectivity index (χ4n) is 3.13. The molecule has 102 valence electrons. The Hall–Kier alpha value is -0.830. The van der Waals surface area contributed by atoms with Crippen LogP contribution < -0.4 is 0 Å². The normalized spacial score (nSPS) is 24.7. The van der Waals surface area contributed by atoms with Gasteiger partial charge in [-0.3, -0.25) is 4.68 Å². The summed E-state index contributed by atoms with van der Waals surface area (Å²) in [5, 5.41) is 4.78. The number of likely N-dealkylation sites (N-methyl/N-ethyl adjacent to an activating group) is 1. The van der Waals surface area contributed by atoms with Crippen LogP contribution in [0.2, 0.25) is 0 Å². The molecule has 2 rings (SSSR count). The molecule has 3 heteroatoms. The Morgan fingerprint density at radius 2 is 1.94 bits per heavy atom. The molecule has 0 aliphatic carbocycles. The van der Waals surface area contributed by atoms with Crippen LogP contribution >= 0.6 is 0 Å². The Kier molecular flexibility index (Phi) is 3.09. The van der Waals surface area contributed by atoms with Gasteiger partial charge < -0.3 is 4.90 Å². The zero-order valence-electron chi connectivity index (χ0n) is 12.9. The highest BCUT2D eigenvalue weighted by molar-refractivity contribution is 5.19. The van der Waals surface area contributed by atoms with E-state index in [9.17, 15) is 0 Å². The first-order chi connectivity index (χ1) is 8.11. The molecule has 0 radical (unpaired) electrons. The van der Waals surface area contributed by atoms with E-state index in [1.54, 1.807) is 0 Å². The third-order valence-corrected chi connectivity index (χ3v) is 3.99. The van der Waals surface area contributed by atoms with E-state index in [1.165, 1.54) is 5.69 Å². The van der Waals surface area contributed by atoms with Gasteiger partial charge in [-0.1, -0.05) is 34.6 Å². The Morgan fingerprint density at radius 3 is 2.39 bits per heavy atom. The fraction of sp³-hybridized carbons (Fsp3) is 0.800. The number of hydrogen-bond acceptors (Lipinski definition) is 2. The van der Waals surface area contributed by atoms with E-state index < -0.39 is 0 Å². The minimum absolute atomic E-state index is 0.151. The lowest BCUT2D eigenvalue weighted by Crippen LogP contribution is -2.30. The van der Waals surface area contributed by atoms with Crippen molar-refractivity contribution in [1.82, 2.24) is 14.7 Å². The number of hydrogen-bond donors (Lipinski definition) is 0. The molecule has 18 heavy (non-hydrogen) atoms. The SMILES string of the molecule is Cc1cc(C(C)(C)C)n(C2CN(C)CC2(C)C)n1. The van der Waals surface area contributed by atoms with E-state index in [-0.39, 0.29) is 10.8 Å². The van der Waals surface area contributed by atoms with Crippen LogP contribution in [0.4, 0.5) is 0 Å². The van der Waals surface area contributed by atoms with Gasteiger partial charge in [-0.05, 0) is 20.0 Å². The maximum atomic E-state index is 4.78. The highest BCUT2D eigenvalue weighted by Crippen LogP contribution is 2.40. The van der Waals surface area contributed by atoms with Crippen molar-refractivity contribution in [2.45, 2.75) is 53.0 Å². The summed E-state index contributed by atoms with van der Waals surface area (Å²) in [7, 11) is 2.20. The summed E-state index contributed by atoms with van der Waals surface area (Å²) in [5.41, 5.74) is 2.92. The van der Waals surface area contributed by atoms with Crippen LogP contribution in [0, 0.1) is 12.3 Å². The molecule has 3 nitrogen and oxygen atoms in total. The Balaban J connectivity index is 2.46. The fourth-order valence-corrected chi connectivity index (χ4v) is 3.13. The average Bonchev–Trinajstić information content (AvgIpc) is 2.65. The number of nitrogens with zero attached hydrogens (tertiary/aromatic N) is 3. The first kappa shape index (κ1) is 13.6. The molecular weight excluding hydrogens is 222 g/mol. The van der Waals surface area contributed by atoms with Crippen molar-refractivity contribution in [2.75, 3.05) is 20.1 Å². The topological polar surface area (TPSA) is 21.1 Å². The summed E-state index contributed by atoms with van der Waals surface area (Å²) >= 11 is 0. The van der Waals surface area contributed by atoms with E-state index in [0.717, 1.165) is 18.8 Å². The van der Waals surface area contributed by atoms with Gasteiger partial charge in [0.15, 0.2) is 0 Å². The highest BCUT2D eigenvalue weighted by atomic mass is 15.4. The molecule has 1 aromatic heterocycles. The molecule has 1 saturated heterocycles. The van der Waals surface area contributed by atoms with Crippen molar-refractivity contribution < 1.29 is 0 Å². The predicted molar refractivity (Wildman–Crippen MR) is 76.0 cm³/mol. The standard InChI is InChI=1S/C15H27N3/c1-11-8-12(14(2,3)4)18(16-11)13-9-17(7)10-15(13,5)6/h8,13H,9-10H2,1-7H3. The van der Waals surface area contributed by atoms with Gasteiger partial charge >= 0.3 is 0 Å². The second-order valence-corrected chi connectivity index (χ2v) is 7.57. The summed E-state index contributed by atoms with van der Waals surface area (Å²) in [4.78, 5) is 2.41. The summed E-state index contributed by atoms with van der Waals surface area (Å²) in [6.07, 6.45) is 0. The molecule has 1 fully saturated rings. The van der Waals surface area contributed by atoms with Crippen LogP contribution in [-0.4, -0.2) is 34.8 Å². The number of aromatic nitrogens is 2. The predicted octanol–water partition coefficient (Wildman–Crippen LogP) is 3.00. The van der Waals surface area contributed by atoms with Crippen LogP contribution in [0.3, 0.4) is 0 Å². The van der Waals surface area contributed by atoms with Gasteiger partial charge in [-0.2, -0.15) is 5.10 Å². The van der Waals surface area contributed by atoms with Crippen molar-refractivity contribution in [3.8, 4) is 0 Å². The third-order valence-electron chi connectivity index (χ3n) is 3.99. The van der Waals surface area contributed by atoms with Crippen LogP contribution in [0.5, 0.6) is 0 Å². The van der Waals surface area contributed by atoms with Crippen molar-refractivity contribution in [2.24, 2.45) is 5.41 Å². The largest absolute Gasteiger partial charge is 0.304 e. The van der Waals surface area contributed by atoms with E-state index >= 15 is 0 Å². The smallest absolute Gasteiger partial charge is 0.0712 e. The maximum Gasteiger partial charge on any atom is 0.0712 e. The van der Waals surface area contributed by atoms with Gasteiger partial charge in [0.1, 0.15) is 0 Å². The van der Waals surface area contributed by atoms with E-state index in [0.29, 0.717) is 6.04 Å². The van der Waals surface area contributed by atoms with Crippen LogP contribution in [-0.2, 0) is 5.41 Å². The Bertz CT molecular complexity index is 437. The molecule has 2 heterocycles. The summed E-state index contributed by atoms with van der Waals surface area (Å²) < 4.78 is 2.29. The van der Waals surface area contributed by atoms with Gasteiger partial charge in [0.2, 0.25) is 0 Å². The molecule has 0 bridgehead atoms. The lowest BCUT2D eigenvalue weighted by molar-refractivity contribution is 0.253. The van der Waals surface area contributed by atoms with E-state index in [4.69, 9.17) is 5.10 Å². The van der Waals surface area contributed by atoms with E-state index in [2.05, 4.69) is 64.2 Å². The molecule has 1 aliphatic rings.